The highest BCUT2D eigenvalue weighted by molar-refractivity contribution is 7.99. The first-order chi connectivity index (χ1) is 14.6. The topological polar surface area (TPSA) is 69.2 Å². The second-order valence-electron chi connectivity index (χ2n) is 7.42. The van der Waals surface area contributed by atoms with Gasteiger partial charge in [-0.1, -0.05) is 18.2 Å². The lowest BCUT2D eigenvalue weighted by Gasteiger charge is -2.27. The molecule has 0 aliphatic carbocycles. The Labute approximate surface area is 181 Å². The maximum Gasteiger partial charge on any atom is 0.273 e. The van der Waals surface area contributed by atoms with Crippen LogP contribution in [-0.2, 0) is 0 Å². The lowest BCUT2D eigenvalue weighted by molar-refractivity contribution is 0.0778. The summed E-state index contributed by atoms with van der Waals surface area (Å²) in [6.45, 7) is 5.82. The predicted molar refractivity (Wildman–Crippen MR) is 122 cm³/mol. The molecule has 1 amide bonds. The van der Waals surface area contributed by atoms with Crippen LogP contribution in [0.4, 0.5) is 5.69 Å². The number of anilines is 1. The molecule has 2 aliphatic heterocycles. The fraction of sp³-hybridized carbons (Fsp3) is 0.364. The van der Waals surface area contributed by atoms with Crippen molar-refractivity contribution in [2.24, 2.45) is 4.99 Å². The molecule has 1 saturated heterocycles. The SMILES string of the molecule is CC1(Nc2ccc(OCCN3CCSCC3)cc2)N=CN(C(=O)c2ccccc2)N1. The molecule has 0 aromatic heterocycles. The lowest BCUT2D eigenvalue weighted by atomic mass is 10.2. The summed E-state index contributed by atoms with van der Waals surface area (Å²) in [7, 11) is 0. The number of hydrogen-bond acceptors (Lipinski definition) is 7. The number of nitrogens with zero attached hydrogens (tertiary/aromatic N) is 3. The van der Waals surface area contributed by atoms with Gasteiger partial charge in [-0.2, -0.15) is 17.2 Å². The molecule has 1 atom stereocenters. The Morgan fingerprint density at radius 3 is 2.63 bits per heavy atom. The van der Waals surface area contributed by atoms with E-state index in [1.807, 2.05) is 61.2 Å². The largest absolute Gasteiger partial charge is 0.492 e. The van der Waals surface area contributed by atoms with Crippen LogP contribution in [0.15, 0.2) is 59.6 Å². The van der Waals surface area contributed by atoms with E-state index >= 15 is 0 Å². The van der Waals surface area contributed by atoms with E-state index in [1.54, 1.807) is 12.1 Å². The first-order valence-corrected chi connectivity index (χ1v) is 11.3. The first kappa shape index (κ1) is 20.7. The molecule has 2 aromatic rings. The van der Waals surface area contributed by atoms with Crippen molar-refractivity contribution in [1.82, 2.24) is 15.3 Å². The summed E-state index contributed by atoms with van der Waals surface area (Å²) in [5, 5.41) is 4.72. The zero-order valence-corrected chi connectivity index (χ0v) is 17.9. The molecule has 0 bridgehead atoms. The Morgan fingerprint density at radius 1 is 1.17 bits per heavy atom. The Bertz CT molecular complexity index is 871. The number of rotatable bonds is 7. The van der Waals surface area contributed by atoms with Crippen molar-refractivity contribution in [3.05, 3.63) is 60.2 Å². The number of amides is 1. The van der Waals surface area contributed by atoms with Crippen molar-refractivity contribution in [1.29, 1.82) is 0 Å². The molecule has 0 radical (unpaired) electrons. The maximum absolute atomic E-state index is 12.6. The average Bonchev–Trinajstić information content (AvgIpc) is 3.17. The minimum absolute atomic E-state index is 0.152. The van der Waals surface area contributed by atoms with E-state index in [2.05, 4.69) is 20.6 Å². The number of hydrazine groups is 1. The van der Waals surface area contributed by atoms with Gasteiger partial charge in [-0.15, -0.1) is 0 Å². The summed E-state index contributed by atoms with van der Waals surface area (Å²) < 4.78 is 5.88. The minimum atomic E-state index is -0.806. The van der Waals surface area contributed by atoms with E-state index in [0.29, 0.717) is 12.2 Å². The number of hydrogen-bond donors (Lipinski definition) is 2. The molecule has 30 heavy (non-hydrogen) atoms. The lowest BCUT2D eigenvalue weighted by Crippen LogP contribution is -2.52. The quantitative estimate of drug-likeness (QED) is 0.711. The Hall–Kier alpha value is -2.55. The highest BCUT2D eigenvalue weighted by Crippen LogP contribution is 2.21. The number of ether oxygens (including phenoxy) is 1. The number of carbonyl (C=O) groups excluding carboxylic acids is 1. The Kier molecular flexibility index (Phi) is 6.56. The van der Waals surface area contributed by atoms with Crippen LogP contribution in [0, 0.1) is 0 Å². The summed E-state index contributed by atoms with van der Waals surface area (Å²) >= 11 is 2.02. The average molecular weight is 426 g/mol. The van der Waals surface area contributed by atoms with Gasteiger partial charge < -0.3 is 10.1 Å². The molecule has 7 nitrogen and oxygen atoms in total. The Morgan fingerprint density at radius 2 is 1.90 bits per heavy atom. The molecule has 8 heteroatoms. The van der Waals surface area contributed by atoms with Crippen LogP contribution in [0.2, 0.25) is 0 Å². The van der Waals surface area contributed by atoms with Gasteiger partial charge in [-0.05, 0) is 43.3 Å². The smallest absolute Gasteiger partial charge is 0.273 e. The van der Waals surface area contributed by atoms with Crippen LogP contribution in [0.5, 0.6) is 5.75 Å². The molecule has 1 unspecified atom stereocenters. The normalized spacial score (nSPS) is 21.6. The molecule has 2 heterocycles. The molecule has 0 saturated carbocycles. The predicted octanol–water partition coefficient (Wildman–Crippen LogP) is 2.89. The summed E-state index contributed by atoms with van der Waals surface area (Å²) in [6, 6.07) is 16.9. The fourth-order valence-electron chi connectivity index (χ4n) is 3.38. The fourth-order valence-corrected chi connectivity index (χ4v) is 4.36. The van der Waals surface area contributed by atoms with Crippen LogP contribution >= 0.6 is 11.8 Å². The molecule has 158 valence electrons. The van der Waals surface area contributed by atoms with E-state index in [1.165, 1.54) is 22.9 Å². The van der Waals surface area contributed by atoms with Gasteiger partial charge >= 0.3 is 0 Å². The summed E-state index contributed by atoms with van der Waals surface area (Å²) in [5.74, 6) is 2.31. The zero-order chi connectivity index (χ0) is 20.8. The standard InChI is InChI=1S/C22H27N5O2S/c1-22(23-17-27(25-22)21(28)18-5-3-2-4-6-18)24-19-7-9-20(10-8-19)29-14-11-26-12-15-30-16-13-26/h2-10,17,24-25H,11-16H2,1H3. The van der Waals surface area contributed by atoms with Gasteiger partial charge in [0.15, 0.2) is 0 Å². The molecular weight excluding hydrogens is 398 g/mol. The maximum atomic E-state index is 12.6. The number of benzene rings is 2. The second kappa shape index (κ2) is 9.51. The van der Waals surface area contributed by atoms with Crippen molar-refractivity contribution in [3.63, 3.8) is 0 Å². The molecule has 4 rings (SSSR count). The molecule has 2 aromatic carbocycles. The van der Waals surface area contributed by atoms with Crippen LogP contribution in [0.25, 0.3) is 0 Å². The highest BCUT2D eigenvalue weighted by Gasteiger charge is 2.32. The van der Waals surface area contributed by atoms with Gasteiger partial charge in [0, 0.05) is 42.4 Å². The zero-order valence-electron chi connectivity index (χ0n) is 17.1. The van der Waals surface area contributed by atoms with Crippen LogP contribution < -0.4 is 15.5 Å². The first-order valence-electron chi connectivity index (χ1n) is 10.1. The molecule has 2 aliphatic rings. The van der Waals surface area contributed by atoms with Crippen molar-refractivity contribution in [3.8, 4) is 5.75 Å². The third kappa shape index (κ3) is 5.33. The van der Waals surface area contributed by atoms with Crippen molar-refractivity contribution < 1.29 is 9.53 Å². The second-order valence-corrected chi connectivity index (χ2v) is 8.65. The van der Waals surface area contributed by atoms with Crippen LogP contribution in [-0.4, -0.2) is 65.7 Å². The third-order valence-corrected chi connectivity index (χ3v) is 5.97. The minimum Gasteiger partial charge on any atom is -0.492 e. The van der Waals surface area contributed by atoms with Gasteiger partial charge in [0.05, 0.1) is 0 Å². The van der Waals surface area contributed by atoms with Crippen LogP contribution in [0.1, 0.15) is 17.3 Å². The number of aliphatic imine (C=N–C) groups is 1. The number of thioether (sulfide) groups is 1. The van der Waals surface area contributed by atoms with E-state index in [4.69, 9.17) is 4.74 Å². The molecule has 1 fully saturated rings. The summed E-state index contributed by atoms with van der Waals surface area (Å²) in [4.78, 5) is 19.4. The van der Waals surface area contributed by atoms with Crippen molar-refractivity contribution in [2.75, 3.05) is 43.1 Å². The van der Waals surface area contributed by atoms with E-state index in [-0.39, 0.29) is 5.91 Å². The van der Waals surface area contributed by atoms with Gasteiger partial charge in [-0.25, -0.2) is 10.0 Å². The number of carbonyl (C=O) groups is 1. The summed E-state index contributed by atoms with van der Waals surface area (Å²) in [6.07, 6.45) is 1.51. The van der Waals surface area contributed by atoms with Gasteiger partial charge in [0.1, 0.15) is 18.7 Å². The van der Waals surface area contributed by atoms with E-state index < -0.39 is 5.79 Å². The van der Waals surface area contributed by atoms with Gasteiger partial charge in [0.2, 0.25) is 5.79 Å². The van der Waals surface area contributed by atoms with E-state index in [0.717, 1.165) is 31.1 Å². The Balaban J connectivity index is 1.27. The van der Waals surface area contributed by atoms with Crippen molar-refractivity contribution in [2.45, 2.75) is 12.7 Å². The third-order valence-electron chi connectivity index (χ3n) is 5.03. The summed E-state index contributed by atoms with van der Waals surface area (Å²) in [5.41, 5.74) is 4.60. The highest BCUT2D eigenvalue weighted by atomic mass is 32.2. The van der Waals surface area contributed by atoms with Crippen molar-refractivity contribution >= 4 is 29.7 Å². The van der Waals surface area contributed by atoms with Gasteiger partial charge in [0.25, 0.3) is 5.91 Å². The molecule has 0 spiro atoms. The number of nitrogens with one attached hydrogen (secondary N) is 2. The molecular formula is C22H27N5O2S. The van der Waals surface area contributed by atoms with Gasteiger partial charge in [-0.3, -0.25) is 9.69 Å². The van der Waals surface area contributed by atoms with Crippen LogP contribution in [0.3, 0.4) is 0 Å². The monoisotopic (exact) mass is 425 g/mol. The molecule has 2 N–H and O–H groups in total. The van der Waals surface area contributed by atoms with E-state index in [9.17, 15) is 4.79 Å².